The summed E-state index contributed by atoms with van der Waals surface area (Å²) in [5, 5.41) is 3.45. The Morgan fingerprint density at radius 1 is 1.17 bits per heavy atom. The molecule has 1 aromatic rings. The third-order valence-corrected chi connectivity index (χ3v) is 3.89. The highest BCUT2D eigenvalue weighted by molar-refractivity contribution is 5.94. The molecule has 1 N–H and O–H groups in total. The van der Waals surface area contributed by atoms with Crippen molar-refractivity contribution in [2.45, 2.75) is 53.4 Å². The van der Waals surface area contributed by atoms with Crippen molar-refractivity contribution >= 4 is 5.91 Å². The van der Waals surface area contributed by atoms with Crippen molar-refractivity contribution in [3.05, 3.63) is 35.4 Å². The van der Waals surface area contributed by atoms with Crippen LogP contribution in [-0.4, -0.2) is 42.6 Å². The van der Waals surface area contributed by atoms with Gasteiger partial charge in [0, 0.05) is 31.7 Å². The van der Waals surface area contributed by atoms with Gasteiger partial charge in [0.25, 0.3) is 5.91 Å². The number of ether oxygens (including phenoxy) is 1. The number of benzene rings is 1. The van der Waals surface area contributed by atoms with Crippen molar-refractivity contribution in [1.29, 1.82) is 0 Å². The van der Waals surface area contributed by atoms with Crippen molar-refractivity contribution in [3.8, 4) is 0 Å². The summed E-state index contributed by atoms with van der Waals surface area (Å²) in [6, 6.07) is 7.94. The highest BCUT2D eigenvalue weighted by atomic mass is 16.5. The first-order valence-corrected chi connectivity index (χ1v) is 8.49. The number of hydrogen-bond donors (Lipinski definition) is 1. The number of nitrogens with one attached hydrogen (secondary N) is 1. The minimum atomic E-state index is 0.0983. The first-order chi connectivity index (χ1) is 10.7. The fourth-order valence-electron chi connectivity index (χ4n) is 2.87. The van der Waals surface area contributed by atoms with Crippen LogP contribution in [0.1, 0.15) is 50.5 Å². The average Bonchev–Trinajstić information content (AvgIpc) is 2.45. The van der Waals surface area contributed by atoms with E-state index in [-0.39, 0.29) is 23.5 Å². The van der Waals surface area contributed by atoms with E-state index in [0.29, 0.717) is 13.1 Å². The van der Waals surface area contributed by atoms with Crippen molar-refractivity contribution in [1.82, 2.24) is 10.2 Å². The monoisotopic (exact) mass is 318 g/mol. The largest absolute Gasteiger partial charge is 0.372 e. The van der Waals surface area contributed by atoms with Crippen LogP contribution in [-0.2, 0) is 11.3 Å². The minimum absolute atomic E-state index is 0.0983. The van der Waals surface area contributed by atoms with Gasteiger partial charge in [-0.05, 0) is 37.0 Å². The molecule has 0 saturated carbocycles. The third-order valence-electron chi connectivity index (χ3n) is 3.89. The SMILES string of the molecule is CC1CN(C(=O)c2ccc(CNCC(C)(C)C)cc2)CC(C)O1. The van der Waals surface area contributed by atoms with Crippen molar-refractivity contribution in [2.24, 2.45) is 5.41 Å². The Balaban J connectivity index is 1.92. The summed E-state index contributed by atoms with van der Waals surface area (Å²) in [6.07, 6.45) is 0.201. The van der Waals surface area contributed by atoms with Crippen LogP contribution in [0.5, 0.6) is 0 Å². The van der Waals surface area contributed by atoms with Crippen LogP contribution in [0.15, 0.2) is 24.3 Å². The fourth-order valence-corrected chi connectivity index (χ4v) is 2.87. The fraction of sp³-hybridized carbons (Fsp3) is 0.632. The molecule has 1 heterocycles. The summed E-state index contributed by atoms with van der Waals surface area (Å²) in [7, 11) is 0. The van der Waals surface area contributed by atoms with Gasteiger partial charge in [0.05, 0.1) is 12.2 Å². The molecule has 0 aromatic heterocycles. The molecule has 1 saturated heterocycles. The molecule has 2 unspecified atom stereocenters. The average molecular weight is 318 g/mol. The lowest BCUT2D eigenvalue weighted by atomic mass is 9.97. The summed E-state index contributed by atoms with van der Waals surface area (Å²) in [6.45, 7) is 13.8. The topological polar surface area (TPSA) is 41.6 Å². The molecule has 128 valence electrons. The molecule has 1 aliphatic heterocycles. The highest BCUT2D eigenvalue weighted by Crippen LogP contribution is 2.15. The Morgan fingerprint density at radius 3 is 2.26 bits per heavy atom. The van der Waals surface area contributed by atoms with Gasteiger partial charge in [-0.2, -0.15) is 0 Å². The molecule has 0 radical (unpaired) electrons. The number of rotatable bonds is 4. The van der Waals surface area contributed by atoms with E-state index in [9.17, 15) is 4.79 Å². The van der Waals surface area contributed by atoms with Crippen molar-refractivity contribution in [2.75, 3.05) is 19.6 Å². The molecular weight excluding hydrogens is 288 g/mol. The van der Waals surface area contributed by atoms with E-state index in [0.717, 1.165) is 18.7 Å². The van der Waals surface area contributed by atoms with Crippen LogP contribution < -0.4 is 5.32 Å². The van der Waals surface area contributed by atoms with E-state index in [2.05, 4.69) is 26.1 Å². The smallest absolute Gasteiger partial charge is 0.254 e. The molecule has 0 bridgehead atoms. The molecule has 4 heteroatoms. The molecule has 0 spiro atoms. The number of morpholine rings is 1. The van der Waals surface area contributed by atoms with Gasteiger partial charge in [-0.15, -0.1) is 0 Å². The maximum Gasteiger partial charge on any atom is 0.254 e. The quantitative estimate of drug-likeness (QED) is 0.927. The zero-order chi connectivity index (χ0) is 17.0. The van der Waals surface area contributed by atoms with Crippen molar-refractivity contribution < 1.29 is 9.53 Å². The zero-order valence-electron chi connectivity index (χ0n) is 15.1. The Labute approximate surface area is 140 Å². The van der Waals surface area contributed by atoms with Crippen molar-refractivity contribution in [3.63, 3.8) is 0 Å². The summed E-state index contributed by atoms with van der Waals surface area (Å²) in [5.41, 5.74) is 2.24. The van der Waals surface area contributed by atoms with E-state index < -0.39 is 0 Å². The molecule has 4 nitrogen and oxygen atoms in total. The van der Waals surface area contributed by atoms with Gasteiger partial charge in [-0.1, -0.05) is 32.9 Å². The van der Waals surface area contributed by atoms with Crippen LogP contribution >= 0.6 is 0 Å². The van der Waals surface area contributed by atoms with E-state index in [1.807, 2.05) is 43.0 Å². The lowest BCUT2D eigenvalue weighted by Crippen LogP contribution is -2.48. The van der Waals surface area contributed by atoms with Gasteiger partial charge in [0.1, 0.15) is 0 Å². The van der Waals surface area contributed by atoms with Crippen LogP contribution in [0, 0.1) is 5.41 Å². The minimum Gasteiger partial charge on any atom is -0.372 e. The molecule has 1 fully saturated rings. The molecular formula is C19H30N2O2. The van der Waals surface area contributed by atoms with Gasteiger partial charge < -0.3 is 15.0 Å². The number of carbonyl (C=O) groups is 1. The molecule has 2 atom stereocenters. The first kappa shape index (κ1) is 18.0. The summed E-state index contributed by atoms with van der Waals surface area (Å²) < 4.78 is 5.69. The molecule has 2 rings (SSSR count). The molecule has 0 aliphatic carbocycles. The van der Waals surface area contributed by atoms with Gasteiger partial charge in [-0.3, -0.25) is 4.79 Å². The van der Waals surface area contributed by atoms with E-state index >= 15 is 0 Å². The van der Waals surface area contributed by atoms with Crippen LogP contribution in [0.25, 0.3) is 0 Å². The van der Waals surface area contributed by atoms with Gasteiger partial charge in [-0.25, -0.2) is 0 Å². The summed E-state index contributed by atoms with van der Waals surface area (Å²) >= 11 is 0. The Hall–Kier alpha value is -1.39. The molecule has 1 aromatic carbocycles. The van der Waals surface area contributed by atoms with Crippen LogP contribution in [0.2, 0.25) is 0 Å². The first-order valence-electron chi connectivity index (χ1n) is 8.49. The number of amides is 1. The van der Waals surface area contributed by atoms with Gasteiger partial charge in [0.15, 0.2) is 0 Å². The van der Waals surface area contributed by atoms with Gasteiger partial charge >= 0.3 is 0 Å². The maximum absolute atomic E-state index is 12.6. The predicted molar refractivity (Wildman–Crippen MR) is 93.5 cm³/mol. The van der Waals surface area contributed by atoms with E-state index in [4.69, 9.17) is 4.74 Å². The van der Waals surface area contributed by atoms with Gasteiger partial charge in [0.2, 0.25) is 0 Å². The van der Waals surface area contributed by atoms with Crippen LogP contribution in [0.4, 0.5) is 0 Å². The second kappa shape index (κ2) is 7.45. The summed E-state index contributed by atoms with van der Waals surface area (Å²) in [4.78, 5) is 14.5. The maximum atomic E-state index is 12.6. The Bertz CT molecular complexity index is 509. The normalized spacial score (nSPS) is 22.2. The summed E-state index contributed by atoms with van der Waals surface area (Å²) in [5.74, 6) is 0.0983. The zero-order valence-corrected chi connectivity index (χ0v) is 15.1. The Morgan fingerprint density at radius 2 is 1.74 bits per heavy atom. The number of nitrogens with zero attached hydrogens (tertiary/aromatic N) is 1. The Kier molecular flexibility index (Phi) is 5.82. The predicted octanol–water partition coefficient (Wildman–Crippen LogP) is 3.07. The second-order valence-corrected chi connectivity index (χ2v) is 7.83. The standard InChI is InChI=1S/C19H30N2O2/c1-14-11-21(12-15(2)23-14)18(22)17-8-6-16(7-9-17)10-20-13-19(3,4)5/h6-9,14-15,20H,10-13H2,1-5H3. The second-order valence-electron chi connectivity index (χ2n) is 7.83. The lowest BCUT2D eigenvalue weighted by Gasteiger charge is -2.35. The molecule has 1 aliphatic rings. The third kappa shape index (κ3) is 5.63. The molecule has 23 heavy (non-hydrogen) atoms. The highest BCUT2D eigenvalue weighted by Gasteiger charge is 2.26. The molecule has 1 amide bonds. The van der Waals surface area contributed by atoms with E-state index in [1.54, 1.807) is 0 Å². The lowest BCUT2D eigenvalue weighted by molar-refractivity contribution is -0.0586. The van der Waals surface area contributed by atoms with E-state index in [1.165, 1.54) is 5.56 Å². The number of carbonyl (C=O) groups excluding carboxylic acids is 1. The number of hydrogen-bond acceptors (Lipinski definition) is 3. The van der Waals surface area contributed by atoms with Crippen LogP contribution in [0.3, 0.4) is 0 Å².